The summed E-state index contributed by atoms with van der Waals surface area (Å²) in [5.41, 5.74) is 2.81. The molecule has 0 atom stereocenters. The minimum atomic E-state index is 0.0893. The number of benzene rings is 2. The number of aryl methyl sites for hydroxylation is 1. The molecule has 0 spiro atoms. The molecule has 0 saturated heterocycles. The molecule has 106 valence electrons. The Morgan fingerprint density at radius 1 is 0.950 bits per heavy atom. The van der Waals surface area contributed by atoms with Crippen molar-refractivity contribution in [3.05, 3.63) is 59.7 Å². The van der Waals surface area contributed by atoms with Crippen molar-refractivity contribution in [1.29, 1.82) is 0 Å². The summed E-state index contributed by atoms with van der Waals surface area (Å²) in [4.78, 5) is 2.65. The average Bonchev–Trinajstić information content (AvgIpc) is 2.48. The minimum Gasteiger partial charge on any atom is -0.130 e. The molecule has 20 heavy (non-hydrogen) atoms. The van der Waals surface area contributed by atoms with Crippen LogP contribution in [0.3, 0.4) is 0 Å². The highest BCUT2D eigenvalue weighted by atomic mass is 32.2. The zero-order valence-corrected chi connectivity index (χ0v) is 14.3. The lowest BCUT2D eigenvalue weighted by Gasteiger charge is -2.25. The minimum absolute atomic E-state index is 0.0893. The Balaban J connectivity index is 2.20. The van der Waals surface area contributed by atoms with Crippen LogP contribution in [0.1, 0.15) is 31.9 Å². The first-order chi connectivity index (χ1) is 9.55. The van der Waals surface area contributed by atoms with Crippen molar-refractivity contribution < 1.29 is 0 Å². The molecule has 0 aliphatic rings. The Labute approximate surface area is 131 Å². The number of thioether (sulfide) groups is 2. The topological polar surface area (TPSA) is 0 Å². The highest BCUT2D eigenvalue weighted by molar-refractivity contribution is 8.00. The van der Waals surface area contributed by atoms with Gasteiger partial charge < -0.3 is 0 Å². The maximum Gasteiger partial charge on any atom is 0.0399 e. The number of hydrogen-bond acceptors (Lipinski definition) is 2. The van der Waals surface area contributed by atoms with E-state index in [0.29, 0.717) is 0 Å². The van der Waals surface area contributed by atoms with E-state index in [1.807, 2.05) is 11.8 Å². The van der Waals surface area contributed by atoms with Gasteiger partial charge in [0.15, 0.2) is 0 Å². The van der Waals surface area contributed by atoms with Crippen LogP contribution in [0.5, 0.6) is 0 Å². The van der Waals surface area contributed by atoms with Crippen LogP contribution in [0.2, 0.25) is 0 Å². The Hall–Kier alpha value is -0.860. The van der Waals surface area contributed by atoms with Gasteiger partial charge in [0, 0.05) is 14.5 Å². The molecule has 0 aromatic heterocycles. The summed E-state index contributed by atoms with van der Waals surface area (Å²) in [7, 11) is 0. The van der Waals surface area contributed by atoms with Crippen molar-refractivity contribution in [2.24, 2.45) is 0 Å². The Kier molecular flexibility index (Phi) is 5.22. The molecule has 0 aliphatic heterocycles. The van der Waals surface area contributed by atoms with Crippen LogP contribution >= 0.6 is 23.5 Å². The van der Waals surface area contributed by atoms with Crippen LogP contribution in [0, 0.1) is 0 Å². The van der Waals surface area contributed by atoms with E-state index in [0.717, 1.165) is 6.42 Å². The van der Waals surface area contributed by atoms with Gasteiger partial charge in [-0.3, -0.25) is 0 Å². The molecule has 0 bridgehead atoms. The normalized spacial score (nSPS) is 11.6. The third-order valence-corrected chi connectivity index (χ3v) is 5.46. The van der Waals surface area contributed by atoms with Crippen LogP contribution < -0.4 is 0 Å². The molecular formula is C18H22S2. The largest absolute Gasteiger partial charge is 0.130 e. The van der Waals surface area contributed by atoms with Crippen molar-refractivity contribution in [3.8, 4) is 0 Å². The van der Waals surface area contributed by atoms with Gasteiger partial charge in [-0.1, -0.05) is 31.2 Å². The summed E-state index contributed by atoms with van der Waals surface area (Å²) in [6.45, 7) is 6.81. The quantitative estimate of drug-likeness (QED) is 0.621. The Morgan fingerprint density at radius 3 is 2.20 bits per heavy atom. The molecule has 2 aromatic carbocycles. The summed E-state index contributed by atoms with van der Waals surface area (Å²) in [6, 6.07) is 17.8. The highest BCUT2D eigenvalue weighted by Gasteiger charge is 2.22. The van der Waals surface area contributed by atoms with E-state index in [1.54, 1.807) is 11.8 Å². The van der Waals surface area contributed by atoms with Gasteiger partial charge in [-0.2, -0.15) is 0 Å². The zero-order valence-electron chi connectivity index (χ0n) is 12.6. The monoisotopic (exact) mass is 302 g/mol. The van der Waals surface area contributed by atoms with Crippen molar-refractivity contribution in [2.75, 3.05) is 6.26 Å². The standard InChI is InChI=1S/C18H22S2/c1-5-14-7-6-8-15(13-14)18(2,3)20-17-11-9-16(19-4)10-12-17/h6-13H,5H2,1-4H3. The van der Waals surface area contributed by atoms with Crippen molar-refractivity contribution in [2.45, 2.75) is 41.7 Å². The summed E-state index contributed by atoms with van der Waals surface area (Å²) in [5.74, 6) is 0. The molecule has 0 amide bonds. The fraction of sp³-hybridized carbons (Fsp3) is 0.333. The Morgan fingerprint density at radius 2 is 1.60 bits per heavy atom. The molecule has 0 aliphatic carbocycles. The van der Waals surface area contributed by atoms with Gasteiger partial charge in [0.2, 0.25) is 0 Å². The van der Waals surface area contributed by atoms with Gasteiger partial charge in [-0.25, -0.2) is 0 Å². The second-order valence-corrected chi connectivity index (χ2v) is 7.92. The van der Waals surface area contributed by atoms with Crippen LogP contribution in [0.15, 0.2) is 58.3 Å². The highest BCUT2D eigenvalue weighted by Crippen LogP contribution is 2.41. The van der Waals surface area contributed by atoms with Gasteiger partial charge in [0.25, 0.3) is 0 Å². The van der Waals surface area contributed by atoms with E-state index in [9.17, 15) is 0 Å². The van der Waals surface area contributed by atoms with Gasteiger partial charge in [0.05, 0.1) is 0 Å². The van der Waals surface area contributed by atoms with E-state index in [1.165, 1.54) is 20.9 Å². The lowest BCUT2D eigenvalue weighted by atomic mass is 9.99. The van der Waals surface area contributed by atoms with Gasteiger partial charge >= 0.3 is 0 Å². The molecule has 0 unspecified atom stereocenters. The number of hydrogen-bond donors (Lipinski definition) is 0. The molecule has 0 saturated carbocycles. The van der Waals surface area contributed by atoms with E-state index >= 15 is 0 Å². The summed E-state index contributed by atoms with van der Waals surface area (Å²) in [5, 5.41) is 0. The molecule has 0 nitrogen and oxygen atoms in total. The predicted octanol–water partition coefficient (Wildman–Crippen LogP) is 6.00. The average molecular weight is 303 g/mol. The van der Waals surface area contributed by atoms with Crippen molar-refractivity contribution >= 4 is 23.5 Å². The molecule has 0 fully saturated rings. The lowest BCUT2D eigenvalue weighted by Crippen LogP contribution is -2.12. The third kappa shape index (κ3) is 3.83. The van der Waals surface area contributed by atoms with Gasteiger partial charge in [-0.15, -0.1) is 23.5 Å². The fourth-order valence-corrected chi connectivity index (χ4v) is 3.68. The fourth-order valence-electron chi connectivity index (χ4n) is 2.16. The SMILES string of the molecule is CCc1cccc(C(C)(C)Sc2ccc(SC)cc2)c1. The Bertz CT molecular complexity index is 556. The second-order valence-electron chi connectivity index (χ2n) is 5.34. The molecule has 0 N–H and O–H groups in total. The van der Waals surface area contributed by atoms with Gasteiger partial charge in [-0.05, 0) is 61.9 Å². The van der Waals surface area contributed by atoms with E-state index in [4.69, 9.17) is 0 Å². The zero-order chi connectivity index (χ0) is 14.6. The predicted molar refractivity (Wildman–Crippen MR) is 92.9 cm³/mol. The smallest absolute Gasteiger partial charge is 0.0399 e. The number of rotatable bonds is 5. The summed E-state index contributed by atoms with van der Waals surface area (Å²) in [6.07, 6.45) is 3.21. The maximum atomic E-state index is 2.34. The van der Waals surface area contributed by atoms with E-state index < -0.39 is 0 Å². The summed E-state index contributed by atoms with van der Waals surface area (Å²) >= 11 is 3.72. The van der Waals surface area contributed by atoms with Crippen LogP contribution in [0.25, 0.3) is 0 Å². The van der Waals surface area contributed by atoms with Crippen LogP contribution in [0.4, 0.5) is 0 Å². The lowest BCUT2D eigenvalue weighted by molar-refractivity contribution is 0.779. The molecule has 2 aromatic rings. The molecular weight excluding hydrogens is 280 g/mol. The van der Waals surface area contributed by atoms with E-state index in [-0.39, 0.29) is 4.75 Å². The van der Waals surface area contributed by atoms with E-state index in [2.05, 4.69) is 75.6 Å². The third-order valence-electron chi connectivity index (χ3n) is 3.46. The van der Waals surface area contributed by atoms with Crippen LogP contribution in [-0.4, -0.2) is 6.26 Å². The van der Waals surface area contributed by atoms with Gasteiger partial charge in [0.1, 0.15) is 0 Å². The molecule has 0 heterocycles. The van der Waals surface area contributed by atoms with Crippen molar-refractivity contribution in [1.82, 2.24) is 0 Å². The van der Waals surface area contributed by atoms with Crippen molar-refractivity contribution in [3.63, 3.8) is 0 Å². The molecule has 2 heteroatoms. The summed E-state index contributed by atoms with van der Waals surface area (Å²) < 4.78 is 0.0893. The molecule has 2 rings (SSSR count). The second kappa shape index (κ2) is 6.73. The molecule has 0 radical (unpaired) electrons. The first kappa shape index (κ1) is 15.5. The maximum absolute atomic E-state index is 2.34. The first-order valence-corrected chi connectivity index (χ1v) is 9.02. The first-order valence-electron chi connectivity index (χ1n) is 6.97. The van der Waals surface area contributed by atoms with Crippen LogP contribution in [-0.2, 0) is 11.2 Å².